The van der Waals surface area contributed by atoms with Crippen LogP contribution in [0.25, 0.3) is 11.0 Å². The van der Waals surface area contributed by atoms with E-state index in [9.17, 15) is 4.79 Å². The molecule has 2 aliphatic rings. The number of likely N-dealkylation sites (tertiary alicyclic amines) is 1. The fourth-order valence-corrected chi connectivity index (χ4v) is 4.21. The van der Waals surface area contributed by atoms with Crippen LogP contribution in [-0.4, -0.2) is 83.4 Å². The van der Waals surface area contributed by atoms with Gasteiger partial charge < -0.3 is 19.7 Å². The number of carbonyl (C=O) groups excluding carboxylic acids is 1. The second kappa shape index (κ2) is 7.76. The molecule has 0 aliphatic carbocycles. The number of piperazine rings is 1. The summed E-state index contributed by atoms with van der Waals surface area (Å²) in [6.07, 6.45) is 6.68. The third-order valence-corrected chi connectivity index (χ3v) is 5.99. The van der Waals surface area contributed by atoms with E-state index in [1.807, 2.05) is 12.3 Å². The van der Waals surface area contributed by atoms with Gasteiger partial charge in [0.05, 0.1) is 11.0 Å². The minimum absolute atomic E-state index is 0.319. The Kier molecular flexibility index (Phi) is 5.22. The molecule has 26 heavy (non-hydrogen) atoms. The van der Waals surface area contributed by atoms with Gasteiger partial charge in [0, 0.05) is 64.6 Å². The highest BCUT2D eigenvalue weighted by Gasteiger charge is 2.26. The third-order valence-electron chi connectivity index (χ3n) is 5.99. The largest absolute Gasteiger partial charge is 0.360 e. The van der Waals surface area contributed by atoms with Gasteiger partial charge in [-0.1, -0.05) is 0 Å². The van der Waals surface area contributed by atoms with Crippen molar-refractivity contribution in [2.75, 3.05) is 52.9 Å². The maximum absolute atomic E-state index is 12.6. The number of nitrogens with one attached hydrogen (secondary N) is 1. The van der Waals surface area contributed by atoms with Crippen molar-refractivity contribution in [3.05, 3.63) is 30.1 Å². The molecular weight excluding hydrogens is 326 g/mol. The molecule has 2 saturated heterocycles. The third kappa shape index (κ3) is 3.76. The second-order valence-electron chi connectivity index (χ2n) is 7.69. The molecule has 0 saturated carbocycles. The molecule has 2 aliphatic heterocycles. The van der Waals surface area contributed by atoms with Crippen molar-refractivity contribution >= 4 is 16.9 Å². The Labute approximate surface area is 155 Å². The van der Waals surface area contributed by atoms with Gasteiger partial charge in [-0.25, -0.2) is 0 Å². The number of hydrogen-bond donors (Lipinski definition) is 1. The van der Waals surface area contributed by atoms with E-state index in [1.165, 1.54) is 5.56 Å². The van der Waals surface area contributed by atoms with E-state index in [0.717, 1.165) is 69.7 Å². The molecule has 2 aromatic rings. The van der Waals surface area contributed by atoms with Crippen LogP contribution in [0.4, 0.5) is 0 Å². The molecule has 0 atom stereocenters. The van der Waals surface area contributed by atoms with E-state index in [2.05, 4.69) is 44.0 Å². The van der Waals surface area contributed by atoms with Gasteiger partial charge in [0.25, 0.3) is 0 Å². The first-order chi connectivity index (χ1) is 12.7. The number of carbonyl (C=O) groups is 1. The van der Waals surface area contributed by atoms with Crippen LogP contribution in [0.15, 0.2) is 24.5 Å². The molecule has 0 radical (unpaired) electrons. The zero-order valence-corrected chi connectivity index (χ0v) is 15.7. The molecule has 0 bridgehead atoms. The molecule has 1 N–H and O–H groups in total. The summed E-state index contributed by atoms with van der Waals surface area (Å²) in [5, 5.41) is 0. The molecule has 1 amide bonds. The number of pyridine rings is 1. The van der Waals surface area contributed by atoms with Crippen molar-refractivity contribution < 1.29 is 4.79 Å². The number of H-pyrrole nitrogens is 1. The van der Waals surface area contributed by atoms with Crippen LogP contribution in [0.3, 0.4) is 0 Å². The normalized spacial score (nSPS) is 20.7. The van der Waals surface area contributed by atoms with Crippen LogP contribution in [0.2, 0.25) is 0 Å². The first-order valence-electron chi connectivity index (χ1n) is 9.81. The smallest absolute Gasteiger partial charge is 0.223 e. The van der Waals surface area contributed by atoms with Crippen LogP contribution < -0.4 is 0 Å². The lowest BCUT2D eigenvalue weighted by atomic mass is 9.90. The van der Waals surface area contributed by atoms with Gasteiger partial charge in [0.2, 0.25) is 5.91 Å². The molecule has 0 unspecified atom stereocenters. The van der Waals surface area contributed by atoms with E-state index in [1.54, 1.807) is 0 Å². The molecule has 6 heteroatoms. The highest BCUT2D eigenvalue weighted by atomic mass is 16.2. The number of rotatable bonds is 4. The van der Waals surface area contributed by atoms with Crippen molar-refractivity contribution in [2.24, 2.45) is 0 Å². The number of aromatic nitrogens is 2. The molecule has 4 rings (SSSR count). The van der Waals surface area contributed by atoms with Crippen LogP contribution in [-0.2, 0) is 4.79 Å². The second-order valence-corrected chi connectivity index (χ2v) is 7.69. The van der Waals surface area contributed by atoms with Crippen molar-refractivity contribution in [2.45, 2.75) is 25.2 Å². The zero-order valence-electron chi connectivity index (χ0n) is 15.7. The highest BCUT2D eigenvalue weighted by Crippen LogP contribution is 2.32. The molecule has 140 valence electrons. The number of piperidine rings is 1. The summed E-state index contributed by atoms with van der Waals surface area (Å²) in [6, 6.07) is 4.03. The lowest BCUT2D eigenvalue weighted by Crippen LogP contribution is -2.46. The highest BCUT2D eigenvalue weighted by molar-refractivity contribution is 5.79. The molecule has 0 spiro atoms. The number of likely N-dealkylation sites (N-methyl/N-ethyl adjacent to an activating group) is 1. The summed E-state index contributed by atoms with van der Waals surface area (Å²) in [4.78, 5) is 27.3. The van der Waals surface area contributed by atoms with Crippen molar-refractivity contribution in [3.63, 3.8) is 0 Å². The zero-order chi connectivity index (χ0) is 17.9. The van der Waals surface area contributed by atoms with Crippen LogP contribution in [0, 0.1) is 0 Å². The molecule has 6 nitrogen and oxygen atoms in total. The van der Waals surface area contributed by atoms with E-state index in [0.29, 0.717) is 18.2 Å². The molecule has 2 fully saturated rings. The predicted octanol–water partition coefficient (Wildman–Crippen LogP) is 1.91. The van der Waals surface area contributed by atoms with Crippen molar-refractivity contribution in [3.8, 4) is 0 Å². The quantitative estimate of drug-likeness (QED) is 0.910. The van der Waals surface area contributed by atoms with Crippen LogP contribution >= 0.6 is 0 Å². The minimum Gasteiger partial charge on any atom is -0.360 e. The maximum Gasteiger partial charge on any atom is 0.223 e. The van der Waals surface area contributed by atoms with Crippen LogP contribution in [0.5, 0.6) is 0 Å². The van der Waals surface area contributed by atoms with Crippen LogP contribution in [0.1, 0.15) is 30.7 Å². The predicted molar refractivity (Wildman–Crippen MR) is 103 cm³/mol. The van der Waals surface area contributed by atoms with Crippen molar-refractivity contribution in [1.29, 1.82) is 0 Å². The average Bonchev–Trinajstić information content (AvgIpc) is 3.11. The van der Waals surface area contributed by atoms with E-state index >= 15 is 0 Å². The lowest BCUT2D eigenvalue weighted by molar-refractivity contribution is -0.132. The number of fused-ring (bicyclic) bond motifs is 1. The summed E-state index contributed by atoms with van der Waals surface area (Å²) in [6.45, 7) is 7.02. The molecular formula is C20H29N5O. The first-order valence-corrected chi connectivity index (χ1v) is 9.81. The summed E-state index contributed by atoms with van der Waals surface area (Å²) in [7, 11) is 2.16. The summed E-state index contributed by atoms with van der Waals surface area (Å²) >= 11 is 0. The average molecular weight is 355 g/mol. The Morgan fingerprint density at radius 3 is 2.73 bits per heavy atom. The van der Waals surface area contributed by atoms with E-state index in [4.69, 9.17) is 0 Å². The van der Waals surface area contributed by atoms with Gasteiger partial charge in [-0.2, -0.15) is 0 Å². The topological polar surface area (TPSA) is 55.5 Å². The lowest BCUT2D eigenvalue weighted by Gasteiger charge is -2.34. The fourth-order valence-electron chi connectivity index (χ4n) is 4.21. The first kappa shape index (κ1) is 17.5. The summed E-state index contributed by atoms with van der Waals surface area (Å²) < 4.78 is 0. The summed E-state index contributed by atoms with van der Waals surface area (Å²) in [5.41, 5.74) is 3.51. The number of hydrogen-bond acceptors (Lipinski definition) is 4. The van der Waals surface area contributed by atoms with E-state index < -0.39 is 0 Å². The van der Waals surface area contributed by atoms with Gasteiger partial charge >= 0.3 is 0 Å². The molecule has 4 heterocycles. The number of nitrogens with zero attached hydrogens (tertiary/aromatic N) is 4. The minimum atomic E-state index is 0.319. The van der Waals surface area contributed by atoms with Gasteiger partial charge in [-0.05, 0) is 43.5 Å². The molecule has 0 aromatic carbocycles. The Morgan fingerprint density at radius 2 is 1.96 bits per heavy atom. The summed E-state index contributed by atoms with van der Waals surface area (Å²) in [5.74, 6) is 0.819. The Bertz CT molecular complexity index is 741. The van der Waals surface area contributed by atoms with Gasteiger partial charge in [0.1, 0.15) is 0 Å². The van der Waals surface area contributed by atoms with Gasteiger partial charge in [-0.3, -0.25) is 9.78 Å². The van der Waals surface area contributed by atoms with Gasteiger partial charge in [0.15, 0.2) is 0 Å². The van der Waals surface area contributed by atoms with Gasteiger partial charge in [-0.15, -0.1) is 0 Å². The SMILES string of the molecule is CN1CCN(CCC(=O)N2CCC(c3c[nH]c4cccnc34)CC2)CC1. The Morgan fingerprint density at radius 1 is 1.19 bits per heavy atom. The standard InChI is InChI=1S/C20H29N5O/c1-23-11-13-24(14-12-23)8-6-19(26)25-9-4-16(5-10-25)17-15-22-18-3-2-7-21-20(17)18/h2-3,7,15-16,22H,4-6,8-14H2,1H3. The van der Waals surface area contributed by atoms with E-state index in [-0.39, 0.29) is 0 Å². The Balaban J connectivity index is 1.27. The fraction of sp³-hybridized carbons (Fsp3) is 0.600. The maximum atomic E-state index is 12.6. The Hall–Kier alpha value is -1.92. The monoisotopic (exact) mass is 355 g/mol. The number of amides is 1. The molecule has 2 aromatic heterocycles. The number of aromatic amines is 1. The van der Waals surface area contributed by atoms with Crippen molar-refractivity contribution in [1.82, 2.24) is 24.7 Å².